The molecule has 0 aliphatic carbocycles. The predicted octanol–water partition coefficient (Wildman–Crippen LogP) is 1.49. The van der Waals surface area contributed by atoms with E-state index in [0.717, 1.165) is 15.8 Å². The Balaban J connectivity index is 1.67. The number of amides is 4. The van der Waals surface area contributed by atoms with Gasteiger partial charge in [0.2, 0.25) is 0 Å². The summed E-state index contributed by atoms with van der Waals surface area (Å²) < 4.78 is 0. The van der Waals surface area contributed by atoms with Gasteiger partial charge in [-0.05, 0) is 23.8 Å². The van der Waals surface area contributed by atoms with Crippen molar-refractivity contribution in [3.05, 3.63) is 42.0 Å². The molecule has 0 saturated carbocycles. The number of nitrogens with zero attached hydrogens (tertiary/aromatic N) is 3. The Morgan fingerprint density at radius 2 is 2.16 bits per heavy atom. The third-order valence-corrected chi connectivity index (χ3v) is 3.52. The first-order valence-corrected chi connectivity index (χ1v) is 7.45. The van der Waals surface area contributed by atoms with Crippen LogP contribution in [0.25, 0.3) is 10.8 Å². The number of phenols is 1. The number of carbonyl (C=O) groups excluding carboxylic acids is 2. The number of phenolic OH excluding ortho intramolecular Hbond substituents is 1. The van der Waals surface area contributed by atoms with Crippen LogP contribution in [0, 0.1) is 0 Å². The van der Waals surface area contributed by atoms with E-state index >= 15 is 0 Å². The average molecular weight is 340 g/mol. The molecule has 0 fully saturated rings. The zero-order valence-electron chi connectivity index (χ0n) is 13.4. The van der Waals surface area contributed by atoms with Gasteiger partial charge in [-0.15, -0.1) is 0 Å². The lowest BCUT2D eigenvalue weighted by Gasteiger charge is -2.25. The molecular formula is C16H16N6O3. The molecule has 0 atom stereocenters. The van der Waals surface area contributed by atoms with Gasteiger partial charge in [0.05, 0.1) is 18.5 Å². The van der Waals surface area contributed by atoms with Gasteiger partial charge in [-0.2, -0.15) is 10.2 Å². The minimum atomic E-state index is -0.694. The predicted molar refractivity (Wildman–Crippen MR) is 93.2 cm³/mol. The van der Waals surface area contributed by atoms with E-state index in [4.69, 9.17) is 0 Å². The van der Waals surface area contributed by atoms with Gasteiger partial charge >= 0.3 is 12.1 Å². The van der Waals surface area contributed by atoms with E-state index in [-0.39, 0.29) is 12.3 Å². The van der Waals surface area contributed by atoms with Crippen LogP contribution >= 0.6 is 0 Å². The van der Waals surface area contributed by atoms with E-state index in [1.807, 2.05) is 24.3 Å². The van der Waals surface area contributed by atoms with Gasteiger partial charge < -0.3 is 5.11 Å². The summed E-state index contributed by atoms with van der Waals surface area (Å²) in [7, 11) is 0. The molecule has 1 heterocycles. The molecule has 0 bridgehead atoms. The lowest BCUT2D eigenvalue weighted by atomic mass is 10.0. The number of benzene rings is 2. The fourth-order valence-corrected chi connectivity index (χ4v) is 2.35. The van der Waals surface area contributed by atoms with Crippen molar-refractivity contribution in [1.82, 2.24) is 21.3 Å². The van der Waals surface area contributed by atoms with Gasteiger partial charge in [0.25, 0.3) is 0 Å². The van der Waals surface area contributed by atoms with Crippen molar-refractivity contribution >= 4 is 34.8 Å². The highest BCUT2D eigenvalue weighted by molar-refractivity contribution is 6.02. The van der Waals surface area contributed by atoms with Crippen molar-refractivity contribution in [1.29, 1.82) is 0 Å². The fraction of sp³-hybridized carbons (Fsp3) is 0.125. The maximum absolute atomic E-state index is 11.8. The Bertz CT molecular complexity index is 893. The molecule has 128 valence electrons. The topological polar surface area (TPSA) is 118 Å². The van der Waals surface area contributed by atoms with Crippen LogP contribution in [0.2, 0.25) is 0 Å². The number of hydrogen-bond donors (Lipinski definition) is 4. The summed E-state index contributed by atoms with van der Waals surface area (Å²) in [6.07, 6.45) is 1.35. The van der Waals surface area contributed by atoms with Gasteiger partial charge in [0, 0.05) is 5.56 Å². The molecule has 0 saturated heterocycles. The number of hydrogen-bond acceptors (Lipinski definition) is 5. The summed E-state index contributed by atoms with van der Waals surface area (Å²) in [5, 5.41) is 20.4. The molecule has 0 spiro atoms. The van der Waals surface area contributed by atoms with Crippen molar-refractivity contribution in [3.8, 4) is 5.75 Å². The highest BCUT2D eigenvalue weighted by atomic mass is 16.3. The van der Waals surface area contributed by atoms with E-state index in [2.05, 4.69) is 26.5 Å². The summed E-state index contributed by atoms with van der Waals surface area (Å²) in [4.78, 5) is 23.4. The van der Waals surface area contributed by atoms with Crippen molar-refractivity contribution in [2.75, 3.05) is 6.54 Å². The first-order chi connectivity index (χ1) is 12.0. The smallest absolute Gasteiger partial charge is 0.356 e. The van der Waals surface area contributed by atoms with Crippen LogP contribution < -0.4 is 16.3 Å². The van der Waals surface area contributed by atoms with E-state index in [1.54, 1.807) is 19.1 Å². The van der Waals surface area contributed by atoms with Crippen LogP contribution in [-0.4, -0.2) is 40.6 Å². The second-order valence-electron chi connectivity index (χ2n) is 5.38. The molecule has 0 radical (unpaired) electrons. The van der Waals surface area contributed by atoms with Crippen LogP contribution in [0.15, 0.2) is 46.6 Å². The van der Waals surface area contributed by atoms with Crippen LogP contribution in [0.1, 0.15) is 12.5 Å². The van der Waals surface area contributed by atoms with Gasteiger partial charge in [-0.25, -0.2) is 30.9 Å². The first-order valence-electron chi connectivity index (χ1n) is 7.45. The van der Waals surface area contributed by atoms with E-state index in [9.17, 15) is 14.7 Å². The van der Waals surface area contributed by atoms with Gasteiger partial charge in [-0.1, -0.05) is 30.3 Å². The summed E-state index contributed by atoms with van der Waals surface area (Å²) in [5.41, 5.74) is 7.99. The summed E-state index contributed by atoms with van der Waals surface area (Å²) >= 11 is 0. The number of aromatic hydroxyl groups is 1. The lowest BCUT2D eigenvalue weighted by molar-refractivity contribution is 0.173. The normalized spacial score (nSPS) is 14.4. The molecule has 4 amide bonds. The minimum absolute atomic E-state index is 0.0481. The molecule has 0 aromatic heterocycles. The third-order valence-electron chi connectivity index (χ3n) is 3.52. The Hall–Kier alpha value is -3.62. The van der Waals surface area contributed by atoms with E-state index in [0.29, 0.717) is 11.3 Å². The molecule has 9 heteroatoms. The highest BCUT2D eigenvalue weighted by Crippen LogP contribution is 2.25. The number of nitrogens with one attached hydrogen (secondary N) is 3. The van der Waals surface area contributed by atoms with E-state index in [1.165, 1.54) is 6.21 Å². The maximum Gasteiger partial charge on any atom is 0.356 e. The van der Waals surface area contributed by atoms with Crippen LogP contribution in [0.5, 0.6) is 5.75 Å². The number of hydrazone groups is 2. The maximum atomic E-state index is 11.8. The van der Waals surface area contributed by atoms with Gasteiger partial charge in [0.15, 0.2) is 0 Å². The molecule has 25 heavy (non-hydrogen) atoms. The number of rotatable bonds is 3. The summed E-state index contributed by atoms with van der Waals surface area (Å²) in [5.74, 6) is 0.0481. The molecule has 3 rings (SSSR count). The molecule has 1 aliphatic heterocycles. The van der Waals surface area contributed by atoms with Crippen molar-refractivity contribution < 1.29 is 14.7 Å². The number of carbonyl (C=O) groups is 2. The average Bonchev–Trinajstić information content (AvgIpc) is 2.60. The van der Waals surface area contributed by atoms with Crippen molar-refractivity contribution in [2.24, 2.45) is 10.2 Å². The molecular weight excluding hydrogens is 324 g/mol. The van der Waals surface area contributed by atoms with E-state index < -0.39 is 12.1 Å². The second kappa shape index (κ2) is 6.87. The lowest BCUT2D eigenvalue weighted by Crippen LogP contribution is -2.55. The molecule has 9 nitrogen and oxygen atoms in total. The minimum Gasteiger partial charge on any atom is -0.507 e. The molecule has 1 aliphatic rings. The second-order valence-corrected chi connectivity index (χ2v) is 5.38. The van der Waals surface area contributed by atoms with Crippen LogP contribution in [0.3, 0.4) is 0 Å². The number of fused-ring (bicyclic) bond motifs is 1. The zero-order chi connectivity index (χ0) is 17.8. The highest BCUT2D eigenvalue weighted by Gasteiger charge is 2.20. The van der Waals surface area contributed by atoms with Gasteiger partial charge in [0.1, 0.15) is 5.75 Å². The SMILES string of the molecule is CC1=NNC(=O)N(NC(=O)N/N=C/c2c(O)ccc3ccccc23)C1. The largest absolute Gasteiger partial charge is 0.507 e. The summed E-state index contributed by atoms with van der Waals surface area (Å²) in [6, 6.07) is 9.60. The molecule has 4 N–H and O–H groups in total. The fourth-order valence-electron chi connectivity index (χ4n) is 2.35. The third kappa shape index (κ3) is 3.66. The number of hydrazine groups is 1. The quantitative estimate of drug-likeness (QED) is 0.501. The van der Waals surface area contributed by atoms with Gasteiger partial charge in [-0.3, -0.25) is 0 Å². The molecule has 2 aromatic rings. The Labute approximate surface area is 143 Å². The monoisotopic (exact) mass is 340 g/mol. The zero-order valence-corrected chi connectivity index (χ0v) is 13.4. The Morgan fingerprint density at radius 3 is 3.00 bits per heavy atom. The standard InChI is InChI=1S/C16H16N6O3/c1-10-9-22(16(25)20-18-10)21-15(24)19-17-8-13-12-5-3-2-4-11(12)6-7-14(13)23/h2-8,23H,9H2,1H3,(H,20,25)(H2,19,21,24)/b17-8+. The van der Waals surface area contributed by atoms with Crippen molar-refractivity contribution in [3.63, 3.8) is 0 Å². The first kappa shape index (κ1) is 16.2. The Morgan fingerprint density at radius 1 is 1.36 bits per heavy atom. The van der Waals surface area contributed by atoms with Crippen LogP contribution in [-0.2, 0) is 0 Å². The molecule has 2 aromatic carbocycles. The summed E-state index contributed by atoms with van der Waals surface area (Å²) in [6.45, 7) is 1.89. The molecule has 0 unspecified atom stereocenters. The number of urea groups is 2. The van der Waals surface area contributed by atoms with Crippen LogP contribution in [0.4, 0.5) is 9.59 Å². The van der Waals surface area contributed by atoms with Crippen molar-refractivity contribution in [2.45, 2.75) is 6.92 Å². The Kier molecular flexibility index (Phi) is 4.46.